The SMILES string of the molecule is C[C@H](O)c1ccccc1OCc1ccc(I)cc1. The van der Waals surface area contributed by atoms with Gasteiger partial charge in [0.25, 0.3) is 0 Å². The topological polar surface area (TPSA) is 29.5 Å². The molecule has 0 aliphatic rings. The molecule has 0 aromatic heterocycles. The number of rotatable bonds is 4. The quantitative estimate of drug-likeness (QED) is 0.844. The highest BCUT2D eigenvalue weighted by atomic mass is 127. The molecule has 18 heavy (non-hydrogen) atoms. The van der Waals surface area contributed by atoms with E-state index in [1.165, 1.54) is 3.57 Å². The lowest BCUT2D eigenvalue weighted by atomic mass is 10.1. The summed E-state index contributed by atoms with van der Waals surface area (Å²) in [6.07, 6.45) is -0.516. The number of halogens is 1. The van der Waals surface area contributed by atoms with Gasteiger partial charge in [0.2, 0.25) is 0 Å². The summed E-state index contributed by atoms with van der Waals surface area (Å²) in [5, 5.41) is 9.66. The van der Waals surface area contributed by atoms with E-state index in [-0.39, 0.29) is 0 Å². The summed E-state index contributed by atoms with van der Waals surface area (Å²) in [6, 6.07) is 15.8. The second-order valence-corrected chi connectivity index (χ2v) is 5.37. The van der Waals surface area contributed by atoms with Crippen LogP contribution in [0, 0.1) is 3.57 Å². The van der Waals surface area contributed by atoms with Crippen molar-refractivity contribution in [2.24, 2.45) is 0 Å². The molecule has 94 valence electrons. The second-order valence-electron chi connectivity index (χ2n) is 4.13. The Morgan fingerprint density at radius 3 is 2.44 bits per heavy atom. The first-order valence-corrected chi connectivity index (χ1v) is 6.89. The predicted molar refractivity (Wildman–Crippen MR) is 80.6 cm³/mol. The van der Waals surface area contributed by atoms with Crippen LogP contribution in [0.5, 0.6) is 5.75 Å². The highest BCUT2D eigenvalue weighted by Gasteiger charge is 2.08. The van der Waals surface area contributed by atoms with E-state index in [0.717, 1.165) is 16.9 Å². The number of para-hydroxylation sites is 1. The van der Waals surface area contributed by atoms with Crippen molar-refractivity contribution in [2.75, 3.05) is 0 Å². The lowest BCUT2D eigenvalue weighted by molar-refractivity contribution is 0.190. The molecule has 2 aromatic rings. The zero-order chi connectivity index (χ0) is 13.0. The summed E-state index contributed by atoms with van der Waals surface area (Å²) >= 11 is 2.28. The molecule has 2 rings (SSSR count). The van der Waals surface area contributed by atoms with Crippen LogP contribution in [0.15, 0.2) is 48.5 Å². The Hall–Kier alpha value is -1.07. The van der Waals surface area contributed by atoms with Crippen molar-refractivity contribution in [3.8, 4) is 5.75 Å². The first kappa shape index (κ1) is 13.4. The minimum absolute atomic E-state index is 0.515. The molecular formula is C15H15IO2. The van der Waals surface area contributed by atoms with Crippen LogP contribution in [0.3, 0.4) is 0 Å². The van der Waals surface area contributed by atoms with E-state index in [2.05, 4.69) is 34.7 Å². The van der Waals surface area contributed by atoms with Crippen LogP contribution in [0.4, 0.5) is 0 Å². The Morgan fingerprint density at radius 1 is 1.11 bits per heavy atom. The van der Waals surface area contributed by atoms with Gasteiger partial charge >= 0.3 is 0 Å². The van der Waals surface area contributed by atoms with Crippen molar-refractivity contribution in [3.05, 3.63) is 63.2 Å². The summed E-state index contributed by atoms with van der Waals surface area (Å²) in [5.41, 5.74) is 1.94. The van der Waals surface area contributed by atoms with Gasteiger partial charge in [0.15, 0.2) is 0 Å². The summed E-state index contributed by atoms with van der Waals surface area (Å²) in [7, 11) is 0. The van der Waals surface area contributed by atoms with E-state index < -0.39 is 6.10 Å². The van der Waals surface area contributed by atoms with Gasteiger partial charge in [-0.25, -0.2) is 0 Å². The van der Waals surface area contributed by atoms with Gasteiger partial charge in [0.05, 0.1) is 6.10 Å². The molecule has 0 bridgehead atoms. The molecule has 0 radical (unpaired) electrons. The van der Waals surface area contributed by atoms with Crippen molar-refractivity contribution in [1.82, 2.24) is 0 Å². The predicted octanol–water partition coefficient (Wildman–Crippen LogP) is 3.92. The normalized spacial score (nSPS) is 12.2. The number of aliphatic hydroxyl groups excluding tert-OH is 1. The molecule has 3 heteroatoms. The largest absolute Gasteiger partial charge is 0.489 e. The average molecular weight is 354 g/mol. The maximum Gasteiger partial charge on any atom is 0.125 e. The third kappa shape index (κ3) is 3.46. The molecule has 2 nitrogen and oxygen atoms in total. The number of hydrogen-bond acceptors (Lipinski definition) is 2. The molecule has 0 amide bonds. The molecule has 2 aromatic carbocycles. The Bertz CT molecular complexity index is 506. The van der Waals surface area contributed by atoms with E-state index >= 15 is 0 Å². The van der Waals surface area contributed by atoms with E-state index in [1.54, 1.807) is 6.92 Å². The van der Waals surface area contributed by atoms with Gasteiger partial charge in [-0.2, -0.15) is 0 Å². The van der Waals surface area contributed by atoms with Crippen LogP contribution in [-0.4, -0.2) is 5.11 Å². The minimum Gasteiger partial charge on any atom is -0.489 e. The van der Waals surface area contributed by atoms with Crippen molar-refractivity contribution in [3.63, 3.8) is 0 Å². The molecule has 0 aliphatic heterocycles. The Labute approximate surface area is 121 Å². The summed E-state index contributed by atoms with van der Waals surface area (Å²) in [6.45, 7) is 2.26. The zero-order valence-corrected chi connectivity index (χ0v) is 12.3. The molecule has 1 N–H and O–H groups in total. The maximum atomic E-state index is 9.66. The Morgan fingerprint density at radius 2 is 1.78 bits per heavy atom. The molecule has 0 spiro atoms. The smallest absolute Gasteiger partial charge is 0.125 e. The van der Waals surface area contributed by atoms with Gasteiger partial charge in [0, 0.05) is 9.13 Å². The Balaban J connectivity index is 2.08. The van der Waals surface area contributed by atoms with Gasteiger partial charge < -0.3 is 9.84 Å². The second kappa shape index (κ2) is 6.20. The van der Waals surface area contributed by atoms with Crippen LogP contribution in [0.1, 0.15) is 24.2 Å². The van der Waals surface area contributed by atoms with Crippen molar-refractivity contribution in [1.29, 1.82) is 0 Å². The van der Waals surface area contributed by atoms with Crippen molar-refractivity contribution >= 4 is 22.6 Å². The lowest BCUT2D eigenvalue weighted by Crippen LogP contribution is -2.00. The van der Waals surface area contributed by atoms with Crippen LogP contribution in [0.25, 0.3) is 0 Å². The number of hydrogen-bond donors (Lipinski definition) is 1. The van der Waals surface area contributed by atoms with Gasteiger partial charge in [-0.1, -0.05) is 30.3 Å². The third-order valence-corrected chi connectivity index (χ3v) is 3.40. The van der Waals surface area contributed by atoms with Crippen molar-refractivity contribution in [2.45, 2.75) is 19.6 Å². The maximum absolute atomic E-state index is 9.66. The molecule has 0 saturated carbocycles. The lowest BCUT2D eigenvalue weighted by Gasteiger charge is -2.13. The number of aliphatic hydroxyl groups is 1. The fraction of sp³-hybridized carbons (Fsp3) is 0.200. The first-order valence-electron chi connectivity index (χ1n) is 5.81. The molecule has 1 atom stereocenters. The average Bonchev–Trinajstić information content (AvgIpc) is 2.38. The number of ether oxygens (including phenoxy) is 1. The van der Waals surface area contributed by atoms with E-state index in [4.69, 9.17) is 4.74 Å². The molecule has 0 aliphatic carbocycles. The molecule has 0 saturated heterocycles. The van der Waals surface area contributed by atoms with Crippen molar-refractivity contribution < 1.29 is 9.84 Å². The number of benzene rings is 2. The van der Waals surface area contributed by atoms with Crippen LogP contribution in [0.2, 0.25) is 0 Å². The standard InChI is InChI=1S/C15H15IO2/c1-11(17)14-4-2-3-5-15(14)18-10-12-6-8-13(16)9-7-12/h2-9,11,17H,10H2,1H3/t11-/m0/s1. The van der Waals surface area contributed by atoms with Gasteiger partial charge in [-0.15, -0.1) is 0 Å². The fourth-order valence-electron chi connectivity index (χ4n) is 1.70. The first-order chi connectivity index (χ1) is 8.66. The van der Waals surface area contributed by atoms with Crippen LogP contribution < -0.4 is 4.74 Å². The molecule has 0 fully saturated rings. The van der Waals surface area contributed by atoms with Gasteiger partial charge in [-0.3, -0.25) is 0 Å². The minimum atomic E-state index is -0.516. The summed E-state index contributed by atoms with van der Waals surface area (Å²) < 4.78 is 6.97. The fourth-order valence-corrected chi connectivity index (χ4v) is 2.06. The van der Waals surface area contributed by atoms with Gasteiger partial charge in [0.1, 0.15) is 12.4 Å². The van der Waals surface area contributed by atoms with Crippen LogP contribution >= 0.6 is 22.6 Å². The zero-order valence-electron chi connectivity index (χ0n) is 10.1. The Kier molecular flexibility index (Phi) is 4.60. The molecule has 0 unspecified atom stereocenters. The third-order valence-electron chi connectivity index (χ3n) is 2.68. The molecular weight excluding hydrogens is 339 g/mol. The van der Waals surface area contributed by atoms with E-state index in [0.29, 0.717) is 6.61 Å². The monoisotopic (exact) mass is 354 g/mol. The highest BCUT2D eigenvalue weighted by molar-refractivity contribution is 14.1. The summed E-state index contributed by atoms with van der Waals surface area (Å²) in [4.78, 5) is 0. The van der Waals surface area contributed by atoms with Gasteiger partial charge in [-0.05, 0) is 53.3 Å². The van der Waals surface area contributed by atoms with E-state index in [9.17, 15) is 5.11 Å². The highest BCUT2D eigenvalue weighted by Crippen LogP contribution is 2.25. The van der Waals surface area contributed by atoms with E-state index in [1.807, 2.05) is 36.4 Å². The summed E-state index contributed by atoms with van der Waals surface area (Å²) in [5.74, 6) is 0.742. The van der Waals surface area contributed by atoms with Crippen LogP contribution in [-0.2, 0) is 6.61 Å². The molecule has 0 heterocycles.